The first-order valence-electron chi connectivity index (χ1n) is 9.29. The highest BCUT2D eigenvalue weighted by atomic mass is 32.2. The summed E-state index contributed by atoms with van der Waals surface area (Å²) in [5, 5.41) is 2.86. The molecule has 1 N–H and O–H groups in total. The average molecular weight is 409 g/mol. The second-order valence-corrected chi connectivity index (χ2v) is 10.2. The van der Waals surface area contributed by atoms with Gasteiger partial charge in [-0.2, -0.15) is 0 Å². The summed E-state index contributed by atoms with van der Waals surface area (Å²) >= 11 is 1.63. The molecule has 27 heavy (non-hydrogen) atoms. The van der Waals surface area contributed by atoms with Crippen LogP contribution in [0, 0.1) is 6.92 Å². The van der Waals surface area contributed by atoms with Crippen LogP contribution in [0.25, 0.3) is 11.3 Å². The maximum Gasteiger partial charge on any atom is 0.214 e. The van der Waals surface area contributed by atoms with E-state index in [1.54, 1.807) is 11.3 Å². The molecule has 0 bridgehead atoms. The molecule has 0 radical (unpaired) electrons. The Kier molecular flexibility index (Phi) is 5.50. The summed E-state index contributed by atoms with van der Waals surface area (Å²) < 4.78 is 39.0. The number of thiazole rings is 1. The fourth-order valence-electron chi connectivity index (χ4n) is 3.22. The van der Waals surface area contributed by atoms with Gasteiger partial charge in [-0.1, -0.05) is 0 Å². The minimum atomic E-state index is -3.23. The van der Waals surface area contributed by atoms with E-state index in [4.69, 9.17) is 9.47 Å². The normalized spacial score (nSPS) is 23.3. The van der Waals surface area contributed by atoms with Crippen molar-refractivity contribution in [2.75, 3.05) is 13.2 Å². The van der Waals surface area contributed by atoms with E-state index in [1.807, 2.05) is 36.6 Å². The van der Waals surface area contributed by atoms with Crippen molar-refractivity contribution in [1.29, 1.82) is 0 Å². The van der Waals surface area contributed by atoms with E-state index in [9.17, 15) is 8.42 Å². The standard InChI is InChI=1S/C19H24N2O4S2/c1-13-20-18(12-26-13)14-4-6-15(7-5-14)25-11-19-17(3-2-10-24-19)21-27(22,23)16-8-9-16/h4-7,12,16-17,19,21H,2-3,8-11H2,1H3. The number of aryl methyl sites for hydroxylation is 1. The third-order valence-electron chi connectivity index (χ3n) is 4.90. The van der Waals surface area contributed by atoms with E-state index in [1.165, 1.54) is 0 Å². The van der Waals surface area contributed by atoms with E-state index >= 15 is 0 Å². The van der Waals surface area contributed by atoms with Gasteiger partial charge in [0, 0.05) is 17.6 Å². The molecule has 1 aromatic heterocycles. The quantitative estimate of drug-likeness (QED) is 0.762. The molecule has 2 atom stereocenters. The van der Waals surface area contributed by atoms with Crippen molar-refractivity contribution >= 4 is 21.4 Å². The first kappa shape index (κ1) is 18.9. The van der Waals surface area contributed by atoms with Crippen LogP contribution in [-0.2, 0) is 14.8 Å². The number of rotatable bonds is 7. The van der Waals surface area contributed by atoms with Crippen LogP contribution in [0.2, 0.25) is 0 Å². The molecular weight excluding hydrogens is 384 g/mol. The third-order valence-corrected chi connectivity index (χ3v) is 7.66. The van der Waals surface area contributed by atoms with Gasteiger partial charge in [-0.3, -0.25) is 0 Å². The largest absolute Gasteiger partial charge is 0.491 e. The van der Waals surface area contributed by atoms with Gasteiger partial charge in [0.2, 0.25) is 10.0 Å². The van der Waals surface area contributed by atoms with Crippen LogP contribution in [-0.4, -0.2) is 44.0 Å². The Bertz CT molecular complexity index is 875. The van der Waals surface area contributed by atoms with Gasteiger partial charge in [0.15, 0.2) is 0 Å². The molecule has 1 aliphatic heterocycles. The number of ether oxygens (including phenoxy) is 2. The van der Waals surface area contributed by atoms with Crippen LogP contribution < -0.4 is 9.46 Å². The molecule has 1 saturated carbocycles. The summed E-state index contributed by atoms with van der Waals surface area (Å²) in [6, 6.07) is 7.58. The molecule has 2 aromatic rings. The number of hydrogen-bond donors (Lipinski definition) is 1. The fourth-order valence-corrected chi connectivity index (χ4v) is 5.48. The number of sulfonamides is 1. The smallest absolute Gasteiger partial charge is 0.214 e. The number of nitrogens with one attached hydrogen (secondary N) is 1. The van der Waals surface area contributed by atoms with Gasteiger partial charge in [0.1, 0.15) is 18.5 Å². The minimum absolute atomic E-state index is 0.220. The molecule has 0 spiro atoms. The fraction of sp³-hybridized carbons (Fsp3) is 0.526. The molecule has 1 aromatic carbocycles. The molecule has 2 unspecified atom stereocenters. The lowest BCUT2D eigenvalue weighted by molar-refractivity contribution is -0.0279. The molecule has 1 saturated heterocycles. The van der Waals surface area contributed by atoms with Crippen molar-refractivity contribution in [2.45, 2.75) is 50.0 Å². The summed E-state index contributed by atoms with van der Waals surface area (Å²) in [6.45, 7) is 2.95. The number of nitrogens with zero attached hydrogens (tertiary/aromatic N) is 1. The monoisotopic (exact) mass is 408 g/mol. The van der Waals surface area contributed by atoms with Crippen LogP contribution >= 0.6 is 11.3 Å². The Hall–Kier alpha value is -1.48. The Morgan fingerprint density at radius 3 is 2.70 bits per heavy atom. The topological polar surface area (TPSA) is 77.5 Å². The van der Waals surface area contributed by atoms with Crippen LogP contribution in [0.1, 0.15) is 30.7 Å². The van der Waals surface area contributed by atoms with Crippen molar-refractivity contribution in [3.8, 4) is 17.0 Å². The van der Waals surface area contributed by atoms with E-state index in [-0.39, 0.29) is 17.4 Å². The van der Waals surface area contributed by atoms with Gasteiger partial charge in [-0.25, -0.2) is 18.1 Å². The molecule has 4 rings (SSSR count). The van der Waals surface area contributed by atoms with Crippen LogP contribution in [0.4, 0.5) is 0 Å². The van der Waals surface area contributed by atoms with Gasteiger partial charge in [0.25, 0.3) is 0 Å². The minimum Gasteiger partial charge on any atom is -0.491 e. The molecule has 2 heterocycles. The molecule has 2 fully saturated rings. The SMILES string of the molecule is Cc1nc(-c2ccc(OCC3OCCCC3NS(=O)(=O)C3CC3)cc2)cs1. The Balaban J connectivity index is 1.36. The molecule has 146 valence electrons. The Morgan fingerprint density at radius 2 is 2.04 bits per heavy atom. The Morgan fingerprint density at radius 1 is 1.26 bits per heavy atom. The van der Waals surface area contributed by atoms with Crippen LogP contribution in [0.5, 0.6) is 5.75 Å². The van der Waals surface area contributed by atoms with Gasteiger partial charge >= 0.3 is 0 Å². The third kappa shape index (κ3) is 4.68. The van der Waals surface area contributed by atoms with Gasteiger partial charge in [-0.15, -0.1) is 11.3 Å². The second kappa shape index (κ2) is 7.87. The summed E-state index contributed by atoms with van der Waals surface area (Å²) in [5.74, 6) is 0.740. The first-order chi connectivity index (χ1) is 13.0. The van der Waals surface area contributed by atoms with Gasteiger partial charge in [-0.05, 0) is 56.9 Å². The molecule has 8 heteroatoms. The molecular formula is C19H24N2O4S2. The predicted octanol–water partition coefficient (Wildman–Crippen LogP) is 3.13. The second-order valence-electron chi connectivity index (χ2n) is 7.11. The summed E-state index contributed by atoms with van der Waals surface area (Å²) in [4.78, 5) is 4.49. The average Bonchev–Trinajstić information content (AvgIpc) is 3.44. The maximum absolute atomic E-state index is 12.2. The summed E-state index contributed by atoms with van der Waals surface area (Å²) in [6.07, 6.45) is 2.88. The maximum atomic E-state index is 12.2. The van der Waals surface area contributed by atoms with Crippen molar-refractivity contribution in [2.24, 2.45) is 0 Å². The van der Waals surface area contributed by atoms with E-state index in [2.05, 4.69) is 9.71 Å². The first-order valence-corrected chi connectivity index (χ1v) is 11.7. The zero-order chi connectivity index (χ0) is 18.9. The number of benzene rings is 1. The van der Waals surface area contributed by atoms with E-state index in [0.717, 1.165) is 47.7 Å². The highest BCUT2D eigenvalue weighted by Gasteiger charge is 2.39. The highest BCUT2D eigenvalue weighted by molar-refractivity contribution is 7.90. The number of aromatic nitrogens is 1. The summed E-state index contributed by atoms with van der Waals surface area (Å²) in [5.41, 5.74) is 2.02. The zero-order valence-corrected chi connectivity index (χ0v) is 16.9. The zero-order valence-electron chi connectivity index (χ0n) is 15.3. The predicted molar refractivity (Wildman–Crippen MR) is 106 cm³/mol. The molecule has 6 nitrogen and oxygen atoms in total. The van der Waals surface area contributed by atoms with E-state index < -0.39 is 10.0 Å². The lowest BCUT2D eigenvalue weighted by atomic mass is 10.0. The van der Waals surface area contributed by atoms with Crippen LogP contribution in [0.15, 0.2) is 29.6 Å². The lowest BCUT2D eigenvalue weighted by Crippen LogP contribution is -2.50. The van der Waals surface area contributed by atoms with Crippen LogP contribution in [0.3, 0.4) is 0 Å². The van der Waals surface area contributed by atoms with Crippen molar-refractivity contribution in [3.63, 3.8) is 0 Å². The van der Waals surface area contributed by atoms with E-state index in [0.29, 0.717) is 13.2 Å². The van der Waals surface area contributed by atoms with Crippen molar-refractivity contribution in [3.05, 3.63) is 34.7 Å². The van der Waals surface area contributed by atoms with Gasteiger partial charge < -0.3 is 9.47 Å². The van der Waals surface area contributed by atoms with Crippen molar-refractivity contribution in [1.82, 2.24) is 9.71 Å². The molecule has 1 aliphatic carbocycles. The lowest BCUT2D eigenvalue weighted by Gasteiger charge is -2.32. The van der Waals surface area contributed by atoms with Gasteiger partial charge in [0.05, 0.1) is 22.0 Å². The summed E-state index contributed by atoms with van der Waals surface area (Å²) in [7, 11) is -3.23. The molecule has 2 aliphatic rings. The Labute approximate surface area is 164 Å². The highest BCUT2D eigenvalue weighted by Crippen LogP contribution is 2.29. The molecule has 0 amide bonds. The number of hydrogen-bond acceptors (Lipinski definition) is 6. The van der Waals surface area contributed by atoms with Crippen molar-refractivity contribution < 1.29 is 17.9 Å².